The number of ketones is 1. The van der Waals surface area contributed by atoms with Crippen molar-refractivity contribution in [3.63, 3.8) is 0 Å². The summed E-state index contributed by atoms with van der Waals surface area (Å²) in [4.78, 5) is 42.7. The number of piperidine rings is 1. The molecule has 2 aliphatic heterocycles. The number of Topliss-reactive ketones (excluding diaryl/α,β-unsaturated/α-hetero) is 1. The summed E-state index contributed by atoms with van der Waals surface area (Å²) in [6.07, 6.45) is 3.81. The maximum Gasteiger partial charge on any atom is 0.324 e. The number of hydrogen-bond acceptors (Lipinski definition) is 4. The Hall–Kier alpha value is -3.48. The van der Waals surface area contributed by atoms with Crippen LogP contribution in [-0.4, -0.2) is 59.7 Å². The molecule has 3 aromatic carbocycles. The van der Waals surface area contributed by atoms with E-state index in [0.717, 1.165) is 55.6 Å². The van der Waals surface area contributed by atoms with E-state index >= 15 is 0 Å². The number of carbonyl (C=O) groups excluding carboxylic acids is 3. The molecule has 7 heteroatoms. The van der Waals surface area contributed by atoms with Gasteiger partial charge in [0.2, 0.25) is 0 Å². The molecule has 6 rings (SSSR count). The van der Waals surface area contributed by atoms with Crippen molar-refractivity contribution in [1.29, 1.82) is 0 Å². The average Bonchev–Trinajstić information content (AvgIpc) is 3.39. The van der Waals surface area contributed by atoms with Gasteiger partial charge in [-0.1, -0.05) is 78.3 Å². The van der Waals surface area contributed by atoms with Crippen molar-refractivity contribution < 1.29 is 14.4 Å². The lowest BCUT2D eigenvalue weighted by Crippen LogP contribution is -2.43. The van der Waals surface area contributed by atoms with Crippen LogP contribution in [0.3, 0.4) is 0 Å². The fraction of sp³-hybridized carbons (Fsp3) is 0.364. The van der Waals surface area contributed by atoms with Gasteiger partial charge in [-0.25, -0.2) is 4.79 Å². The van der Waals surface area contributed by atoms with Gasteiger partial charge >= 0.3 is 6.03 Å². The summed E-state index contributed by atoms with van der Waals surface area (Å²) in [7, 11) is 0. The highest BCUT2D eigenvalue weighted by atomic mass is 35.5. The summed E-state index contributed by atoms with van der Waals surface area (Å²) in [6.45, 7) is 3.01. The standard InChI is InChI=1S/C33H34ClN3O3/c34-26-10-6-9-24(20-26)25(22-37-31(39)29(35-32(37)40)19-23-7-2-1-3-8-23)13-16-36-17-14-33(15-18-36)21-30(38)27-11-4-5-12-28(27)33/h1-12,20,25,29H,13-19,21-22H2,(H,35,40)/t25?,29-/m1/s1. The number of imide groups is 1. The van der Waals surface area contributed by atoms with E-state index in [4.69, 9.17) is 11.6 Å². The van der Waals surface area contributed by atoms with Crippen molar-refractivity contribution in [2.75, 3.05) is 26.2 Å². The number of rotatable bonds is 8. The lowest BCUT2D eigenvalue weighted by atomic mass is 9.73. The first-order valence-corrected chi connectivity index (χ1v) is 14.6. The summed E-state index contributed by atoms with van der Waals surface area (Å²) < 4.78 is 0. The molecule has 0 radical (unpaired) electrons. The van der Waals surface area contributed by atoms with Crippen LogP contribution in [0.15, 0.2) is 78.9 Å². The molecule has 3 aromatic rings. The molecular formula is C33H34ClN3O3. The van der Waals surface area contributed by atoms with E-state index in [1.165, 1.54) is 10.5 Å². The van der Waals surface area contributed by atoms with Gasteiger partial charge in [0.15, 0.2) is 5.78 Å². The minimum atomic E-state index is -0.551. The number of nitrogens with one attached hydrogen (secondary N) is 1. The van der Waals surface area contributed by atoms with Crippen LogP contribution in [0, 0.1) is 0 Å². The molecule has 0 bridgehead atoms. The van der Waals surface area contributed by atoms with Gasteiger partial charge in [-0.2, -0.15) is 0 Å². The molecule has 1 unspecified atom stereocenters. The lowest BCUT2D eigenvalue weighted by molar-refractivity contribution is -0.127. The maximum absolute atomic E-state index is 13.3. The highest BCUT2D eigenvalue weighted by Crippen LogP contribution is 2.46. The van der Waals surface area contributed by atoms with Crippen LogP contribution in [0.2, 0.25) is 5.02 Å². The molecule has 206 valence electrons. The molecule has 2 heterocycles. The quantitative estimate of drug-likeness (QED) is 0.368. The van der Waals surface area contributed by atoms with Crippen LogP contribution < -0.4 is 5.32 Å². The number of halogens is 1. The molecule has 3 aliphatic rings. The van der Waals surface area contributed by atoms with E-state index in [-0.39, 0.29) is 29.1 Å². The fourth-order valence-corrected chi connectivity index (χ4v) is 6.96. The van der Waals surface area contributed by atoms with Gasteiger partial charge in [0.1, 0.15) is 6.04 Å². The monoisotopic (exact) mass is 555 g/mol. The van der Waals surface area contributed by atoms with Gasteiger partial charge in [-0.05, 0) is 67.7 Å². The van der Waals surface area contributed by atoms with Crippen LogP contribution >= 0.6 is 11.6 Å². The summed E-state index contributed by atoms with van der Waals surface area (Å²) in [6, 6.07) is 24.7. The number of amides is 3. The van der Waals surface area contributed by atoms with Crippen molar-refractivity contribution in [3.8, 4) is 0 Å². The Morgan fingerprint density at radius 3 is 2.45 bits per heavy atom. The summed E-state index contributed by atoms with van der Waals surface area (Å²) in [5, 5.41) is 3.53. The third-order valence-corrected chi connectivity index (χ3v) is 9.25. The molecule has 2 saturated heterocycles. The molecule has 1 spiro atoms. The summed E-state index contributed by atoms with van der Waals surface area (Å²) in [5.41, 5.74) is 4.13. The first-order chi connectivity index (χ1) is 19.4. The molecule has 2 fully saturated rings. The SMILES string of the molecule is O=C1CC2(CCN(CCC(CN3C(=O)N[C@H](Cc4ccccc4)C3=O)c3cccc(Cl)c3)CC2)c2ccccc21. The van der Waals surface area contributed by atoms with Gasteiger partial charge in [-0.3, -0.25) is 14.5 Å². The lowest BCUT2D eigenvalue weighted by Gasteiger charge is -2.40. The Morgan fingerprint density at radius 1 is 0.925 bits per heavy atom. The Bertz CT molecular complexity index is 1420. The molecule has 0 aromatic heterocycles. The van der Waals surface area contributed by atoms with Gasteiger partial charge in [-0.15, -0.1) is 0 Å². The van der Waals surface area contributed by atoms with Crippen molar-refractivity contribution in [1.82, 2.24) is 15.1 Å². The first kappa shape index (κ1) is 26.7. The number of carbonyl (C=O) groups is 3. The van der Waals surface area contributed by atoms with Crippen LogP contribution in [-0.2, 0) is 16.6 Å². The van der Waals surface area contributed by atoms with E-state index in [0.29, 0.717) is 24.4 Å². The smallest absolute Gasteiger partial charge is 0.324 e. The predicted molar refractivity (Wildman–Crippen MR) is 156 cm³/mol. The largest absolute Gasteiger partial charge is 0.325 e. The van der Waals surface area contributed by atoms with Crippen molar-refractivity contribution in [3.05, 3.63) is 106 Å². The van der Waals surface area contributed by atoms with Gasteiger partial charge in [0.25, 0.3) is 5.91 Å². The molecule has 2 atom stereocenters. The molecule has 6 nitrogen and oxygen atoms in total. The number of nitrogens with zero attached hydrogens (tertiary/aromatic N) is 2. The van der Waals surface area contributed by atoms with Gasteiger partial charge in [0, 0.05) is 41.3 Å². The Labute approximate surface area is 240 Å². The number of likely N-dealkylation sites (tertiary alicyclic amines) is 1. The van der Waals surface area contributed by atoms with E-state index in [1.54, 1.807) is 0 Å². The van der Waals surface area contributed by atoms with Crippen LogP contribution in [0.25, 0.3) is 0 Å². The Balaban J connectivity index is 1.12. The number of hydrogen-bond donors (Lipinski definition) is 1. The Morgan fingerprint density at radius 2 is 1.68 bits per heavy atom. The number of urea groups is 1. The second kappa shape index (κ2) is 11.2. The van der Waals surface area contributed by atoms with Gasteiger partial charge < -0.3 is 10.2 Å². The van der Waals surface area contributed by atoms with E-state index in [2.05, 4.69) is 16.3 Å². The fourth-order valence-electron chi connectivity index (χ4n) is 6.76. The second-order valence-electron chi connectivity index (χ2n) is 11.4. The number of fused-ring (bicyclic) bond motifs is 2. The third kappa shape index (κ3) is 5.30. The van der Waals surface area contributed by atoms with Crippen molar-refractivity contribution in [2.24, 2.45) is 0 Å². The van der Waals surface area contributed by atoms with Crippen LogP contribution in [0.1, 0.15) is 58.6 Å². The van der Waals surface area contributed by atoms with Crippen LogP contribution in [0.4, 0.5) is 4.79 Å². The molecule has 0 saturated carbocycles. The molecule has 1 aliphatic carbocycles. The van der Waals surface area contributed by atoms with E-state index in [9.17, 15) is 14.4 Å². The average molecular weight is 556 g/mol. The summed E-state index contributed by atoms with van der Waals surface area (Å²) >= 11 is 6.35. The number of benzene rings is 3. The first-order valence-electron chi connectivity index (χ1n) is 14.2. The van der Waals surface area contributed by atoms with Crippen LogP contribution in [0.5, 0.6) is 0 Å². The predicted octanol–water partition coefficient (Wildman–Crippen LogP) is 5.60. The zero-order valence-corrected chi connectivity index (χ0v) is 23.3. The molecule has 3 amide bonds. The highest BCUT2D eigenvalue weighted by molar-refractivity contribution is 6.30. The zero-order valence-electron chi connectivity index (χ0n) is 22.5. The summed E-state index contributed by atoms with van der Waals surface area (Å²) in [5.74, 6) is 0.0584. The van der Waals surface area contributed by atoms with E-state index in [1.807, 2.05) is 72.8 Å². The minimum absolute atomic E-state index is 0.0338. The topological polar surface area (TPSA) is 69.7 Å². The normalized spacial score (nSPS) is 21.1. The molecule has 40 heavy (non-hydrogen) atoms. The minimum Gasteiger partial charge on any atom is -0.325 e. The third-order valence-electron chi connectivity index (χ3n) is 9.02. The molecular weight excluding hydrogens is 522 g/mol. The molecule has 1 N–H and O–H groups in total. The van der Waals surface area contributed by atoms with Crippen molar-refractivity contribution >= 4 is 29.3 Å². The zero-order chi connectivity index (χ0) is 27.7. The van der Waals surface area contributed by atoms with Gasteiger partial charge in [0.05, 0.1) is 0 Å². The highest BCUT2D eigenvalue weighted by Gasteiger charge is 2.45. The second-order valence-corrected chi connectivity index (χ2v) is 11.9. The van der Waals surface area contributed by atoms with Crippen molar-refractivity contribution in [2.45, 2.75) is 49.5 Å². The Kier molecular flexibility index (Phi) is 7.47. The maximum atomic E-state index is 13.3. The van der Waals surface area contributed by atoms with E-state index < -0.39 is 6.04 Å².